The second-order valence-electron chi connectivity index (χ2n) is 4.38. The van der Waals surface area contributed by atoms with Gasteiger partial charge in [-0.2, -0.15) is 0 Å². The number of sulfone groups is 1. The highest BCUT2D eigenvalue weighted by molar-refractivity contribution is 7.91. The van der Waals surface area contributed by atoms with E-state index in [2.05, 4.69) is 0 Å². The lowest BCUT2D eigenvalue weighted by molar-refractivity contribution is 0.121. The van der Waals surface area contributed by atoms with E-state index in [4.69, 9.17) is 4.74 Å². The third-order valence-electron chi connectivity index (χ3n) is 3.15. The Hall–Kier alpha value is -1.07. The highest BCUT2D eigenvalue weighted by Crippen LogP contribution is 2.32. The average Bonchev–Trinajstić information content (AvgIpc) is 2.69. The first kappa shape index (κ1) is 12.4. The maximum atomic E-state index is 11.4. The largest absolute Gasteiger partial charge is 0.497 e. The Balaban J connectivity index is 2.17. The predicted octanol–water partition coefficient (Wildman–Crippen LogP) is 1.16. The van der Waals surface area contributed by atoms with E-state index in [1.54, 1.807) is 31.4 Å². The zero-order valence-corrected chi connectivity index (χ0v) is 10.5. The van der Waals surface area contributed by atoms with Gasteiger partial charge in [0.1, 0.15) is 5.75 Å². The molecule has 1 N–H and O–H groups in total. The van der Waals surface area contributed by atoms with Crippen LogP contribution in [0.15, 0.2) is 24.3 Å². The number of aliphatic hydroxyl groups excluding tert-OH is 1. The molecule has 0 radical (unpaired) electrons. The topological polar surface area (TPSA) is 63.6 Å². The molecule has 2 atom stereocenters. The summed E-state index contributed by atoms with van der Waals surface area (Å²) in [5, 5.41) is 10.2. The quantitative estimate of drug-likeness (QED) is 0.881. The van der Waals surface area contributed by atoms with Crippen LogP contribution in [0.3, 0.4) is 0 Å². The van der Waals surface area contributed by atoms with Crippen LogP contribution in [0.5, 0.6) is 5.75 Å². The van der Waals surface area contributed by atoms with Crippen LogP contribution >= 0.6 is 0 Å². The summed E-state index contributed by atoms with van der Waals surface area (Å²) in [5.74, 6) is 0.721. The number of hydrogen-bond acceptors (Lipinski definition) is 4. The molecule has 4 nitrogen and oxygen atoms in total. The Morgan fingerprint density at radius 2 is 2.24 bits per heavy atom. The number of hydrogen-bond donors (Lipinski definition) is 1. The lowest BCUT2D eigenvalue weighted by Crippen LogP contribution is -2.14. The van der Waals surface area contributed by atoms with Crippen LogP contribution in [-0.4, -0.2) is 32.1 Å². The van der Waals surface area contributed by atoms with Crippen LogP contribution in [-0.2, 0) is 9.84 Å². The van der Waals surface area contributed by atoms with E-state index in [0.29, 0.717) is 17.7 Å². The van der Waals surface area contributed by atoms with Crippen molar-refractivity contribution in [3.63, 3.8) is 0 Å². The van der Waals surface area contributed by atoms with Gasteiger partial charge in [0, 0.05) is 5.92 Å². The lowest BCUT2D eigenvalue weighted by Gasteiger charge is -2.17. The van der Waals surface area contributed by atoms with Gasteiger partial charge in [0.05, 0.1) is 24.7 Å². The fourth-order valence-corrected chi connectivity index (χ4v) is 4.00. The number of ether oxygens (including phenoxy) is 1. The maximum Gasteiger partial charge on any atom is 0.150 e. The molecule has 1 saturated heterocycles. The Kier molecular flexibility index (Phi) is 3.40. The van der Waals surface area contributed by atoms with Crippen molar-refractivity contribution >= 4 is 9.84 Å². The molecule has 0 aliphatic carbocycles. The van der Waals surface area contributed by atoms with Gasteiger partial charge in [0.15, 0.2) is 9.84 Å². The second-order valence-corrected chi connectivity index (χ2v) is 6.61. The minimum Gasteiger partial charge on any atom is -0.497 e. The molecule has 0 spiro atoms. The van der Waals surface area contributed by atoms with Crippen LogP contribution in [0, 0.1) is 5.92 Å². The van der Waals surface area contributed by atoms with E-state index in [9.17, 15) is 13.5 Å². The van der Waals surface area contributed by atoms with Crippen molar-refractivity contribution in [3.8, 4) is 5.75 Å². The van der Waals surface area contributed by atoms with E-state index in [0.717, 1.165) is 0 Å². The molecule has 1 aliphatic rings. The molecule has 17 heavy (non-hydrogen) atoms. The van der Waals surface area contributed by atoms with Crippen molar-refractivity contribution in [2.24, 2.45) is 5.92 Å². The minimum atomic E-state index is -2.96. The van der Waals surface area contributed by atoms with E-state index < -0.39 is 15.9 Å². The van der Waals surface area contributed by atoms with Crippen LogP contribution < -0.4 is 4.74 Å². The van der Waals surface area contributed by atoms with Crippen molar-refractivity contribution in [2.45, 2.75) is 12.5 Å². The number of benzene rings is 1. The lowest BCUT2D eigenvalue weighted by atomic mass is 9.95. The maximum absolute atomic E-state index is 11.4. The molecule has 1 heterocycles. The van der Waals surface area contributed by atoms with Gasteiger partial charge in [-0.3, -0.25) is 0 Å². The van der Waals surface area contributed by atoms with Crippen molar-refractivity contribution in [1.82, 2.24) is 0 Å². The summed E-state index contributed by atoms with van der Waals surface area (Å²) in [5.41, 5.74) is 0.714. The van der Waals surface area contributed by atoms with Crippen molar-refractivity contribution < 1.29 is 18.3 Å². The van der Waals surface area contributed by atoms with Crippen molar-refractivity contribution in [1.29, 1.82) is 0 Å². The third kappa shape index (κ3) is 2.79. The number of methoxy groups -OCH3 is 1. The Morgan fingerprint density at radius 3 is 2.82 bits per heavy atom. The Morgan fingerprint density at radius 1 is 1.47 bits per heavy atom. The summed E-state index contributed by atoms with van der Waals surface area (Å²) in [7, 11) is -1.39. The van der Waals surface area contributed by atoms with Gasteiger partial charge >= 0.3 is 0 Å². The number of aliphatic hydroxyl groups is 1. The molecule has 0 amide bonds. The van der Waals surface area contributed by atoms with Gasteiger partial charge in [0.2, 0.25) is 0 Å². The minimum absolute atomic E-state index is 0.0748. The normalized spacial score (nSPS) is 24.5. The molecule has 5 heteroatoms. The fourth-order valence-electron chi connectivity index (χ4n) is 2.17. The highest BCUT2D eigenvalue weighted by Gasteiger charge is 2.33. The van der Waals surface area contributed by atoms with Gasteiger partial charge in [-0.05, 0) is 24.1 Å². The van der Waals surface area contributed by atoms with Crippen LogP contribution in [0.2, 0.25) is 0 Å². The van der Waals surface area contributed by atoms with E-state index in [1.165, 1.54) is 0 Å². The van der Waals surface area contributed by atoms with Gasteiger partial charge in [0.25, 0.3) is 0 Å². The Bertz CT molecular complexity index is 495. The molecule has 1 aromatic rings. The third-order valence-corrected chi connectivity index (χ3v) is 4.94. The molecule has 2 rings (SSSR count). The highest BCUT2D eigenvalue weighted by atomic mass is 32.2. The molecule has 1 aliphatic heterocycles. The van der Waals surface area contributed by atoms with Crippen molar-refractivity contribution in [3.05, 3.63) is 29.8 Å². The van der Waals surface area contributed by atoms with Crippen LogP contribution in [0.1, 0.15) is 18.1 Å². The van der Waals surface area contributed by atoms with Gasteiger partial charge < -0.3 is 9.84 Å². The van der Waals surface area contributed by atoms with Gasteiger partial charge in [-0.1, -0.05) is 12.1 Å². The van der Waals surface area contributed by atoms with Gasteiger partial charge in [-0.25, -0.2) is 8.42 Å². The zero-order chi connectivity index (χ0) is 12.5. The first-order valence-corrected chi connectivity index (χ1v) is 7.36. The second kappa shape index (κ2) is 4.66. The molecular weight excluding hydrogens is 240 g/mol. The van der Waals surface area contributed by atoms with Gasteiger partial charge in [-0.15, -0.1) is 0 Å². The van der Waals surface area contributed by atoms with E-state index in [1.807, 2.05) is 0 Å². The van der Waals surface area contributed by atoms with E-state index >= 15 is 0 Å². The average molecular weight is 256 g/mol. The summed E-state index contributed by atoms with van der Waals surface area (Å²) in [6.45, 7) is 0. The van der Waals surface area contributed by atoms with Crippen LogP contribution in [0.25, 0.3) is 0 Å². The molecule has 0 bridgehead atoms. The standard InChI is InChI=1S/C12H16O4S/c1-16-11-4-2-3-9(7-11)12(13)10-5-6-17(14,15)8-10/h2-4,7,10,12-13H,5-6,8H2,1H3. The Labute approximate surface area is 101 Å². The molecular formula is C12H16O4S. The summed E-state index contributed by atoms with van der Waals surface area (Å²) in [6.07, 6.45) is -0.205. The molecule has 0 aromatic heterocycles. The molecule has 2 unspecified atom stereocenters. The summed E-state index contributed by atoms with van der Waals surface area (Å²) >= 11 is 0. The SMILES string of the molecule is COc1cccc(C(O)C2CCS(=O)(=O)C2)c1. The van der Waals surface area contributed by atoms with E-state index in [-0.39, 0.29) is 17.4 Å². The summed E-state index contributed by atoms with van der Waals surface area (Å²) in [6, 6.07) is 7.12. The fraction of sp³-hybridized carbons (Fsp3) is 0.500. The first-order chi connectivity index (χ1) is 8.02. The summed E-state index contributed by atoms with van der Waals surface area (Å²) < 4.78 is 27.8. The van der Waals surface area contributed by atoms with Crippen molar-refractivity contribution in [2.75, 3.05) is 18.6 Å². The molecule has 1 fully saturated rings. The molecule has 0 saturated carbocycles. The smallest absolute Gasteiger partial charge is 0.150 e. The summed E-state index contributed by atoms with van der Waals surface area (Å²) in [4.78, 5) is 0. The monoisotopic (exact) mass is 256 g/mol. The first-order valence-electron chi connectivity index (χ1n) is 5.54. The predicted molar refractivity (Wildman–Crippen MR) is 64.7 cm³/mol. The molecule has 1 aromatic carbocycles. The van der Waals surface area contributed by atoms with Crippen LogP contribution in [0.4, 0.5) is 0 Å². The molecule has 94 valence electrons. The zero-order valence-electron chi connectivity index (χ0n) is 9.67. The number of rotatable bonds is 3.